The summed E-state index contributed by atoms with van der Waals surface area (Å²) >= 11 is 4.18. The van der Waals surface area contributed by atoms with E-state index in [-0.39, 0.29) is 0 Å². The van der Waals surface area contributed by atoms with Crippen LogP contribution in [-0.2, 0) is 6.42 Å². The minimum atomic E-state index is 0.690. The van der Waals surface area contributed by atoms with Gasteiger partial charge in [-0.15, -0.1) is 0 Å². The molecule has 0 aliphatic heterocycles. The van der Waals surface area contributed by atoms with Gasteiger partial charge in [0.1, 0.15) is 5.75 Å². The second-order valence-corrected chi connectivity index (χ2v) is 7.96. The van der Waals surface area contributed by atoms with Gasteiger partial charge in [-0.25, -0.2) is 0 Å². The van der Waals surface area contributed by atoms with Gasteiger partial charge in [-0.1, -0.05) is 64.0 Å². The quantitative estimate of drug-likeness (QED) is 0.178. The molecule has 0 saturated carbocycles. The lowest BCUT2D eigenvalue weighted by Crippen LogP contribution is -1.97. The summed E-state index contributed by atoms with van der Waals surface area (Å²) in [5, 5.41) is 8.66. The maximum atomic E-state index is 5.63. The van der Waals surface area contributed by atoms with E-state index in [1.807, 2.05) is 24.3 Å². The van der Waals surface area contributed by atoms with Crippen molar-refractivity contribution < 1.29 is 4.74 Å². The number of aryl methyl sites for hydroxylation is 1. The van der Waals surface area contributed by atoms with Gasteiger partial charge in [0, 0.05) is 0 Å². The summed E-state index contributed by atoms with van der Waals surface area (Å²) in [7, 11) is 0. The van der Waals surface area contributed by atoms with Gasteiger partial charge in [-0.05, 0) is 67.0 Å². The highest BCUT2D eigenvalue weighted by atomic mass is 32.1. The Labute approximate surface area is 182 Å². The average Bonchev–Trinajstić information content (AvgIpc) is 2.76. The summed E-state index contributed by atoms with van der Waals surface area (Å²) in [4.78, 5) is 0. The van der Waals surface area contributed by atoms with Gasteiger partial charge in [0.25, 0.3) is 0 Å². The van der Waals surface area contributed by atoms with Crippen LogP contribution in [0.2, 0.25) is 0 Å². The Morgan fingerprint density at radius 3 is 1.83 bits per heavy atom. The predicted molar refractivity (Wildman–Crippen MR) is 127 cm³/mol. The Morgan fingerprint density at radius 1 is 0.690 bits per heavy atom. The van der Waals surface area contributed by atoms with E-state index in [1.54, 1.807) is 0 Å². The third kappa shape index (κ3) is 10.5. The Morgan fingerprint density at radius 2 is 1.24 bits per heavy atom. The Kier molecular flexibility index (Phi) is 12.2. The predicted octanol–water partition coefficient (Wildman–Crippen LogP) is 8.48. The van der Waals surface area contributed by atoms with Gasteiger partial charge in [-0.3, -0.25) is 0 Å². The van der Waals surface area contributed by atoms with Gasteiger partial charge < -0.3 is 4.74 Å². The lowest BCUT2D eigenvalue weighted by Gasteiger charge is -2.04. The molecule has 0 aromatic heterocycles. The first-order valence-corrected chi connectivity index (χ1v) is 11.8. The number of azo groups is 1. The molecule has 0 saturated heterocycles. The second-order valence-electron chi connectivity index (χ2n) is 7.51. The molecule has 2 aromatic carbocycles. The highest BCUT2D eigenvalue weighted by Crippen LogP contribution is 2.22. The van der Waals surface area contributed by atoms with Crippen molar-refractivity contribution in [1.29, 1.82) is 0 Å². The molecule has 0 spiro atoms. The first kappa shape index (κ1) is 23.5. The molecule has 3 nitrogen and oxygen atoms in total. The number of unbranched alkanes of at least 4 members (excludes halogenated alkanes) is 7. The second kappa shape index (κ2) is 15.1. The molecule has 0 aliphatic carbocycles. The zero-order valence-electron chi connectivity index (χ0n) is 17.9. The molecule has 0 atom stereocenters. The first-order chi connectivity index (χ1) is 14.3. The SMILES string of the molecule is CCCCCCCCCCc1ccc(N=Nc2ccc(OCCCS)cc2)cc1. The summed E-state index contributed by atoms with van der Waals surface area (Å²) < 4.78 is 5.63. The van der Waals surface area contributed by atoms with Crippen molar-refractivity contribution in [3.63, 3.8) is 0 Å². The molecule has 29 heavy (non-hydrogen) atoms. The van der Waals surface area contributed by atoms with Crippen LogP contribution < -0.4 is 4.74 Å². The summed E-state index contributed by atoms with van der Waals surface area (Å²) in [6, 6.07) is 16.2. The van der Waals surface area contributed by atoms with Crippen molar-refractivity contribution in [3.8, 4) is 5.75 Å². The molecule has 0 aliphatic rings. The van der Waals surface area contributed by atoms with Crippen molar-refractivity contribution in [2.24, 2.45) is 10.2 Å². The molecule has 0 radical (unpaired) electrons. The van der Waals surface area contributed by atoms with Gasteiger partial charge >= 0.3 is 0 Å². The molecule has 0 unspecified atom stereocenters. The number of rotatable bonds is 15. The molecule has 4 heteroatoms. The average molecular weight is 413 g/mol. The fourth-order valence-corrected chi connectivity index (χ4v) is 3.30. The first-order valence-electron chi connectivity index (χ1n) is 11.2. The van der Waals surface area contributed by atoms with Gasteiger partial charge in [0.2, 0.25) is 0 Å². The fourth-order valence-electron chi connectivity index (χ4n) is 3.17. The maximum absolute atomic E-state index is 5.63. The van der Waals surface area contributed by atoms with Crippen LogP contribution in [0.3, 0.4) is 0 Å². The minimum Gasteiger partial charge on any atom is -0.494 e. The number of ether oxygens (including phenoxy) is 1. The van der Waals surface area contributed by atoms with Crippen LogP contribution in [0.15, 0.2) is 58.8 Å². The van der Waals surface area contributed by atoms with E-state index in [0.29, 0.717) is 6.61 Å². The van der Waals surface area contributed by atoms with Gasteiger partial charge in [0.15, 0.2) is 0 Å². The highest BCUT2D eigenvalue weighted by molar-refractivity contribution is 7.80. The standard InChI is InChI=1S/C25H36N2OS/c1-2-3-4-5-6-7-8-9-11-22-12-14-23(15-13-22)26-27-24-16-18-25(19-17-24)28-20-10-21-29/h12-19,29H,2-11,20-21H2,1H3. The van der Waals surface area contributed by atoms with E-state index < -0.39 is 0 Å². The van der Waals surface area contributed by atoms with Gasteiger partial charge in [0.05, 0.1) is 18.0 Å². The van der Waals surface area contributed by atoms with E-state index in [4.69, 9.17) is 4.74 Å². The van der Waals surface area contributed by atoms with Crippen LogP contribution in [-0.4, -0.2) is 12.4 Å². The summed E-state index contributed by atoms with van der Waals surface area (Å²) in [5.41, 5.74) is 3.10. The van der Waals surface area contributed by atoms with Crippen LogP contribution in [0.1, 0.15) is 70.3 Å². The Hall–Kier alpha value is -1.81. The molecular weight excluding hydrogens is 376 g/mol. The molecular formula is C25H36N2OS. The van der Waals surface area contributed by atoms with Crippen LogP contribution in [0, 0.1) is 0 Å². The number of thiol groups is 1. The monoisotopic (exact) mass is 412 g/mol. The number of hydrogen-bond donors (Lipinski definition) is 1. The van der Waals surface area contributed by atoms with Gasteiger partial charge in [-0.2, -0.15) is 22.9 Å². The molecule has 2 rings (SSSR count). The zero-order valence-corrected chi connectivity index (χ0v) is 18.7. The van der Waals surface area contributed by atoms with Crippen LogP contribution in [0.4, 0.5) is 11.4 Å². The van der Waals surface area contributed by atoms with E-state index in [0.717, 1.165) is 35.7 Å². The lowest BCUT2D eigenvalue weighted by molar-refractivity contribution is 0.319. The molecule has 2 aromatic rings. The molecule has 0 N–H and O–H groups in total. The Balaban J connectivity index is 1.67. The molecule has 0 amide bonds. The maximum Gasteiger partial charge on any atom is 0.119 e. The fraction of sp³-hybridized carbons (Fsp3) is 0.520. The van der Waals surface area contributed by atoms with Crippen molar-refractivity contribution in [3.05, 3.63) is 54.1 Å². The Bertz CT molecular complexity index is 683. The number of nitrogens with zero attached hydrogens (tertiary/aromatic N) is 2. The molecule has 158 valence electrons. The molecule has 0 bridgehead atoms. The van der Waals surface area contributed by atoms with E-state index in [9.17, 15) is 0 Å². The van der Waals surface area contributed by atoms with Crippen molar-refractivity contribution in [1.82, 2.24) is 0 Å². The third-order valence-corrected chi connectivity index (χ3v) is 5.26. The summed E-state index contributed by atoms with van der Waals surface area (Å²) in [5.74, 6) is 1.69. The molecule has 0 fully saturated rings. The van der Waals surface area contributed by atoms with Crippen molar-refractivity contribution in [2.75, 3.05) is 12.4 Å². The third-order valence-electron chi connectivity index (χ3n) is 4.94. The van der Waals surface area contributed by atoms with Crippen molar-refractivity contribution in [2.45, 2.75) is 71.1 Å². The van der Waals surface area contributed by atoms with Crippen LogP contribution in [0.5, 0.6) is 5.75 Å². The summed E-state index contributed by atoms with van der Waals surface area (Å²) in [6.07, 6.45) is 13.0. The normalized spacial score (nSPS) is 11.2. The topological polar surface area (TPSA) is 34.0 Å². The minimum absolute atomic E-state index is 0.690. The largest absolute Gasteiger partial charge is 0.494 e. The molecule has 0 heterocycles. The smallest absolute Gasteiger partial charge is 0.119 e. The van der Waals surface area contributed by atoms with Crippen LogP contribution in [0.25, 0.3) is 0 Å². The summed E-state index contributed by atoms with van der Waals surface area (Å²) in [6.45, 7) is 2.96. The number of hydrogen-bond acceptors (Lipinski definition) is 4. The van der Waals surface area contributed by atoms with E-state index in [2.05, 4.69) is 54.0 Å². The van der Waals surface area contributed by atoms with Crippen LogP contribution >= 0.6 is 12.6 Å². The number of benzene rings is 2. The zero-order chi connectivity index (χ0) is 20.6. The van der Waals surface area contributed by atoms with E-state index in [1.165, 1.54) is 56.9 Å². The van der Waals surface area contributed by atoms with E-state index >= 15 is 0 Å². The lowest BCUT2D eigenvalue weighted by atomic mass is 10.0. The van der Waals surface area contributed by atoms with Crippen molar-refractivity contribution >= 4 is 24.0 Å². The highest BCUT2D eigenvalue weighted by Gasteiger charge is 1.97.